The lowest BCUT2D eigenvalue weighted by molar-refractivity contribution is -0.143. The summed E-state index contributed by atoms with van der Waals surface area (Å²) in [5.41, 5.74) is -0.758. The molecule has 0 radical (unpaired) electrons. The fraction of sp³-hybridized carbons (Fsp3) is 0.308. The highest BCUT2D eigenvalue weighted by Crippen LogP contribution is 2.37. The van der Waals surface area contributed by atoms with Gasteiger partial charge in [0.2, 0.25) is 0 Å². The molecule has 0 bridgehead atoms. The smallest absolute Gasteiger partial charge is 0.372 e. The van der Waals surface area contributed by atoms with Gasteiger partial charge in [0.15, 0.2) is 0 Å². The zero-order chi connectivity index (χ0) is 24.3. The minimum absolute atomic E-state index is 0. The van der Waals surface area contributed by atoms with Crippen molar-refractivity contribution >= 4 is 12.4 Å². The highest BCUT2D eigenvalue weighted by molar-refractivity contribution is 5.85. The maximum atomic E-state index is 13.2. The molecule has 188 valence electrons. The Morgan fingerprint density at radius 1 is 0.771 bits per heavy atom. The Morgan fingerprint density at radius 2 is 1.26 bits per heavy atom. The third kappa shape index (κ3) is 6.57. The zero-order valence-electron chi connectivity index (χ0n) is 18.4. The van der Waals surface area contributed by atoms with Gasteiger partial charge < -0.3 is 10.1 Å². The molecule has 0 saturated carbocycles. The van der Waals surface area contributed by atoms with E-state index in [2.05, 4.69) is 5.32 Å². The fourth-order valence-corrected chi connectivity index (χ4v) is 4.46. The van der Waals surface area contributed by atoms with Gasteiger partial charge in [-0.3, -0.25) is 0 Å². The predicted octanol–water partition coefficient (Wildman–Crippen LogP) is 7.23. The first kappa shape index (κ1) is 27.0. The number of ether oxygens (including phenoxy) is 1. The van der Waals surface area contributed by atoms with Gasteiger partial charge in [0.1, 0.15) is 0 Å². The van der Waals surface area contributed by atoms with E-state index in [4.69, 9.17) is 4.74 Å². The van der Waals surface area contributed by atoms with Crippen LogP contribution in [-0.4, -0.2) is 18.7 Å². The second-order valence-corrected chi connectivity index (χ2v) is 8.33. The van der Waals surface area contributed by atoms with Gasteiger partial charge in [-0.05, 0) is 47.9 Å². The average Bonchev–Trinajstić information content (AvgIpc) is 3.26. The van der Waals surface area contributed by atoms with E-state index in [1.807, 2.05) is 60.7 Å². The van der Waals surface area contributed by atoms with Gasteiger partial charge >= 0.3 is 12.4 Å². The third-order valence-corrected chi connectivity index (χ3v) is 6.00. The molecule has 2 atom stereocenters. The number of nitrogens with one attached hydrogen (secondary N) is 1. The van der Waals surface area contributed by atoms with E-state index in [1.54, 1.807) is 0 Å². The van der Waals surface area contributed by atoms with Gasteiger partial charge in [-0.25, -0.2) is 0 Å². The highest BCUT2D eigenvalue weighted by Gasteiger charge is 2.38. The van der Waals surface area contributed by atoms with Crippen molar-refractivity contribution in [3.05, 3.63) is 107 Å². The van der Waals surface area contributed by atoms with Gasteiger partial charge in [0.05, 0.1) is 23.8 Å². The van der Waals surface area contributed by atoms with Crippen LogP contribution in [0.3, 0.4) is 0 Å². The quantitative estimate of drug-likeness (QED) is 0.350. The Balaban J connectivity index is 0.00000342. The molecule has 35 heavy (non-hydrogen) atoms. The summed E-state index contributed by atoms with van der Waals surface area (Å²) in [7, 11) is 0. The van der Waals surface area contributed by atoms with Crippen molar-refractivity contribution in [2.45, 2.75) is 43.4 Å². The van der Waals surface area contributed by atoms with Crippen molar-refractivity contribution in [3.8, 4) is 0 Å². The SMILES string of the molecule is Cl.FC(F)(F)c1cc(CO[C@H]2CCN[C@@H]2C(c2ccccc2)c2ccccc2)cc(C(F)(F)F)c1. The van der Waals surface area contributed by atoms with Crippen molar-refractivity contribution in [3.63, 3.8) is 0 Å². The normalized spacial score (nSPS) is 18.5. The predicted molar refractivity (Wildman–Crippen MR) is 123 cm³/mol. The molecule has 0 amide bonds. The standard InChI is InChI=1S/C26H23F6NO.ClH/c27-25(28,29)20-13-17(14-21(15-20)26(30,31)32)16-34-22-11-12-33-24(22)23(18-7-3-1-4-8-18)19-9-5-2-6-10-19;/h1-10,13-15,22-24,33H,11-12,16H2;1H/t22-,24-;/m0./s1. The number of hydrogen-bond acceptors (Lipinski definition) is 2. The lowest BCUT2D eigenvalue weighted by atomic mass is 9.83. The summed E-state index contributed by atoms with van der Waals surface area (Å²) in [5.74, 6) is -0.0952. The van der Waals surface area contributed by atoms with Crippen LogP contribution in [-0.2, 0) is 23.7 Å². The molecule has 3 aromatic carbocycles. The maximum Gasteiger partial charge on any atom is 0.416 e. The second-order valence-electron chi connectivity index (χ2n) is 8.33. The van der Waals surface area contributed by atoms with E-state index in [0.29, 0.717) is 13.0 Å². The first-order valence-corrected chi connectivity index (χ1v) is 10.9. The Kier molecular flexibility index (Phi) is 8.51. The van der Waals surface area contributed by atoms with Crippen LogP contribution in [0.15, 0.2) is 78.9 Å². The van der Waals surface area contributed by atoms with E-state index in [0.717, 1.165) is 23.3 Å². The van der Waals surface area contributed by atoms with E-state index >= 15 is 0 Å². The van der Waals surface area contributed by atoms with Gasteiger partial charge in [-0.1, -0.05) is 60.7 Å². The molecule has 1 fully saturated rings. The van der Waals surface area contributed by atoms with Crippen molar-refractivity contribution in [1.29, 1.82) is 0 Å². The molecule has 1 N–H and O–H groups in total. The van der Waals surface area contributed by atoms with Crippen LogP contribution >= 0.6 is 12.4 Å². The molecule has 1 saturated heterocycles. The summed E-state index contributed by atoms with van der Waals surface area (Å²) in [6, 6.07) is 20.9. The molecule has 9 heteroatoms. The maximum absolute atomic E-state index is 13.2. The lowest BCUT2D eigenvalue weighted by Crippen LogP contribution is -2.38. The van der Waals surface area contributed by atoms with Gasteiger partial charge in [-0.2, -0.15) is 26.3 Å². The highest BCUT2D eigenvalue weighted by atomic mass is 35.5. The van der Waals surface area contributed by atoms with Crippen LogP contribution < -0.4 is 5.32 Å². The Bertz CT molecular complexity index is 1020. The Labute approximate surface area is 205 Å². The third-order valence-electron chi connectivity index (χ3n) is 6.00. The number of alkyl halides is 6. The van der Waals surface area contributed by atoms with Gasteiger partial charge in [0.25, 0.3) is 0 Å². The van der Waals surface area contributed by atoms with Crippen molar-refractivity contribution < 1.29 is 31.1 Å². The van der Waals surface area contributed by atoms with E-state index < -0.39 is 29.6 Å². The van der Waals surface area contributed by atoms with Crippen LogP contribution in [0.25, 0.3) is 0 Å². The minimum atomic E-state index is -4.89. The molecule has 0 aliphatic carbocycles. The van der Waals surface area contributed by atoms with Crippen LogP contribution in [0.2, 0.25) is 0 Å². The Morgan fingerprint density at radius 3 is 1.71 bits per heavy atom. The minimum Gasteiger partial charge on any atom is -0.372 e. The van der Waals surface area contributed by atoms with Crippen molar-refractivity contribution in [2.24, 2.45) is 0 Å². The lowest BCUT2D eigenvalue weighted by Gasteiger charge is -2.30. The topological polar surface area (TPSA) is 21.3 Å². The first-order valence-electron chi connectivity index (χ1n) is 10.9. The molecule has 1 aliphatic heterocycles. The van der Waals surface area contributed by atoms with Crippen LogP contribution in [0, 0.1) is 0 Å². The molecule has 1 heterocycles. The van der Waals surface area contributed by atoms with E-state index in [9.17, 15) is 26.3 Å². The van der Waals surface area contributed by atoms with Crippen molar-refractivity contribution in [2.75, 3.05) is 6.54 Å². The van der Waals surface area contributed by atoms with Gasteiger partial charge in [0, 0.05) is 12.0 Å². The summed E-state index contributed by atoms with van der Waals surface area (Å²) in [5, 5.41) is 3.43. The monoisotopic (exact) mass is 515 g/mol. The summed E-state index contributed by atoms with van der Waals surface area (Å²) in [4.78, 5) is 0. The van der Waals surface area contributed by atoms with Gasteiger partial charge in [-0.15, -0.1) is 12.4 Å². The molecular formula is C26H24ClF6NO. The molecule has 4 rings (SSSR count). The number of halogens is 7. The number of hydrogen-bond donors (Lipinski definition) is 1. The molecule has 3 aromatic rings. The molecular weight excluding hydrogens is 492 g/mol. The molecule has 0 aromatic heterocycles. The summed E-state index contributed by atoms with van der Waals surface area (Å²) < 4.78 is 85.2. The van der Waals surface area contributed by atoms with E-state index in [-0.39, 0.29) is 42.6 Å². The zero-order valence-corrected chi connectivity index (χ0v) is 19.3. The number of benzene rings is 3. The summed E-state index contributed by atoms with van der Waals surface area (Å²) >= 11 is 0. The van der Waals surface area contributed by atoms with Crippen LogP contribution in [0.1, 0.15) is 40.2 Å². The fourth-order valence-electron chi connectivity index (χ4n) is 4.46. The largest absolute Gasteiger partial charge is 0.416 e. The van der Waals surface area contributed by atoms with Crippen LogP contribution in [0.4, 0.5) is 26.3 Å². The van der Waals surface area contributed by atoms with E-state index in [1.165, 1.54) is 0 Å². The molecule has 0 spiro atoms. The first-order chi connectivity index (χ1) is 16.1. The number of rotatable bonds is 6. The average molecular weight is 516 g/mol. The Hall–Kier alpha value is -2.55. The van der Waals surface area contributed by atoms with Crippen molar-refractivity contribution in [1.82, 2.24) is 5.32 Å². The molecule has 0 unspecified atom stereocenters. The molecule has 1 aliphatic rings. The molecule has 2 nitrogen and oxygen atoms in total. The summed E-state index contributed by atoms with van der Waals surface area (Å²) in [6.45, 7) is 0.272. The summed E-state index contributed by atoms with van der Waals surface area (Å²) in [6.07, 6.45) is -9.58. The van der Waals surface area contributed by atoms with Crippen LogP contribution in [0.5, 0.6) is 0 Å². The second kappa shape index (κ2) is 11.0.